The van der Waals surface area contributed by atoms with Crippen LogP contribution in [0.2, 0.25) is 0 Å². The number of halogens is 1. The first kappa shape index (κ1) is 13.2. The Morgan fingerprint density at radius 1 is 1.21 bits per heavy atom. The third-order valence-electron chi connectivity index (χ3n) is 2.94. The van der Waals surface area contributed by atoms with Gasteiger partial charge < -0.3 is 5.11 Å². The van der Waals surface area contributed by atoms with Crippen molar-refractivity contribution in [3.63, 3.8) is 0 Å². The van der Waals surface area contributed by atoms with E-state index < -0.39 is 5.97 Å². The Kier molecular flexibility index (Phi) is 4.23. The Morgan fingerprint density at radius 2 is 1.95 bits per heavy atom. The molecule has 0 bridgehead atoms. The molecule has 1 heterocycles. The van der Waals surface area contributed by atoms with E-state index in [1.807, 2.05) is 18.2 Å². The van der Waals surface area contributed by atoms with Gasteiger partial charge in [-0.15, -0.1) is 0 Å². The number of benzene rings is 1. The standard InChI is InChI=1S/C15H14FNO2/c16-13-6-4-11(5-7-13)12(10-15(18)19)9-14-3-1-2-8-17-14/h1-8,12H,9-10H2,(H,18,19). The van der Waals surface area contributed by atoms with Gasteiger partial charge in [0.1, 0.15) is 5.82 Å². The predicted octanol–water partition coefficient (Wildman–Crippen LogP) is 3.02. The van der Waals surface area contributed by atoms with E-state index >= 15 is 0 Å². The maximum absolute atomic E-state index is 12.9. The van der Waals surface area contributed by atoms with E-state index in [2.05, 4.69) is 4.98 Å². The quantitative estimate of drug-likeness (QED) is 0.897. The molecule has 2 rings (SSSR count). The summed E-state index contributed by atoms with van der Waals surface area (Å²) in [4.78, 5) is 15.1. The van der Waals surface area contributed by atoms with Crippen molar-refractivity contribution in [2.45, 2.75) is 18.8 Å². The van der Waals surface area contributed by atoms with Crippen LogP contribution in [0.1, 0.15) is 23.6 Å². The Hall–Kier alpha value is -2.23. The van der Waals surface area contributed by atoms with Crippen LogP contribution in [0.3, 0.4) is 0 Å². The molecule has 19 heavy (non-hydrogen) atoms. The summed E-state index contributed by atoms with van der Waals surface area (Å²) < 4.78 is 12.9. The predicted molar refractivity (Wildman–Crippen MR) is 69.3 cm³/mol. The SMILES string of the molecule is O=C(O)CC(Cc1ccccn1)c1ccc(F)cc1. The fourth-order valence-electron chi connectivity index (χ4n) is 2.02. The number of carboxylic acid groups (broad SMARTS) is 1. The molecule has 0 saturated heterocycles. The highest BCUT2D eigenvalue weighted by atomic mass is 19.1. The van der Waals surface area contributed by atoms with Crippen molar-refractivity contribution in [1.82, 2.24) is 4.98 Å². The Morgan fingerprint density at radius 3 is 2.53 bits per heavy atom. The molecule has 0 aliphatic heterocycles. The van der Waals surface area contributed by atoms with Gasteiger partial charge in [-0.25, -0.2) is 4.39 Å². The third-order valence-corrected chi connectivity index (χ3v) is 2.94. The highest BCUT2D eigenvalue weighted by Gasteiger charge is 2.16. The molecule has 0 spiro atoms. The molecule has 0 radical (unpaired) electrons. The summed E-state index contributed by atoms with van der Waals surface area (Å²) in [7, 11) is 0. The number of carboxylic acids is 1. The minimum atomic E-state index is -0.870. The van der Waals surface area contributed by atoms with E-state index in [1.54, 1.807) is 18.3 Å². The molecule has 98 valence electrons. The average Bonchev–Trinajstić information content (AvgIpc) is 2.39. The second-order valence-electron chi connectivity index (χ2n) is 4.37. The molecule has 3 nitrogen and oxygen atoms in total. The maximum atomic E-state index is 12.9. The molecular weight excluding hydrogens is 245 g/mol. The van der Waals surface area contributed by atoms with Crippen LogP contribution in [0.25, 0.3) is 0 Å². The molecule has 4 heteroatoms. The Balaban J connectivity index is 2.20. The van der Waals surface area contributed by atoms with Gasteiger partial charge >= 0.3 is 5.97 Å². The fraction of sp³-hybridized carbons (Fsp3) is 0.200. The monoisotopic (exact) mass is 259 g/mol. The van der Waals surface area contributed by atoms with Crippen molar-refractivity contribution < 1.29 is 14.3 Å². The van der Waals surface area contributed by atoms with Crippen LogP contribution in [-0.4, -0.2) is 16.1 Å². The molecule has 0 aliphatic rings. The van der Waals surface area contributed by atoms with Crippen molar-refractivity contribution in [1.29, 1.82) is 0 Å². The number of aromatic nitrogens is 1. The van der Waals surface area contributed by atoms with Gasteiger partial charge in [-0.1, -0.05) is 18.2 Å². The summed E-state index contributed by atoms with van der Waals surface area (Å²) in [5.74, 6) is -1.39. The second kappa shape index (κ2) is 6.09. The second-order valence-corrected chi connectivity index (χ2v) is 4.37. The summed E-state index contributed by atoms with van der Waals surface area (Å²) >= 11 is 0. The summed E-state index contributed by atoms with van der Waals surface area (Å²) in [5, 5.41) is 8.98. The summed E-state index contributed by atoms with van der Waals surface area (Å²) in [6, 6.07) is 11.5. The number of nitrogens with zero attached hydrogens (tertiary/aromatic N) is 1. The van der Waals surface area contributed by atoms with E-state index in [1.165, 1.54) is 12.1 Å². The number of carbonyl (C=O) groups is 1. The van der Waals surface area contributed by atoms with Crippen molar-refractivity contribution >= 4 is 5.97 Å². The van der Waals surface area contributed by atoms with Gasteiger partial charge in [0.15, 0.2) is 0 Å². The van der Waals surface area contributed by atoms with Gasteiger partial charge in [0.05, 0.1) is 6.42 Å². The molecule has 1 aromatic carbocycles. The zero-order chi connectivity index (χ0) is 13.7. The molecule has 1 N–H and O–H groups in total. The van der Waals surface area contributed by atoms with Gasteiger partial charge in [-0.2, -0.15) is 0 Å². The molecule has 0 saturated carbocycles. The molecule has 0 aliphatic carbocycles. The van der Waals surface area contributed by atoms with Crippen LogP contribution in [0.5, 0.6) is 0 Å². The highest BCUT2D eigenvalue weighted by Crippen LogP contribution is 2.24. The number of hydrogen-bond donors (Lipinski definition) is 1. The maximum Gasteiger partial charge on any atom is 0.303 e. The van der Waals surface area contributed by atoms with E-state index in [9.17, 15) is 9.18 Å². The lowest BCUT2D eigenvalue weighted by Gasteiger charge is -2.14. The van der Waals surface area contributed by atoms with E-state index in [4.69, 9.17) is 5.11 Å². The van der Waals surface area contributed by atoms with Crippen molar-refractivity contribution in [2.24, 2.45) is 0 Å². The molecule has 1 unspecified atom stereocenters. The van der Waals surface area contributed by atoms with Gasteiger partial charge in [0, 0.05) is 11.9 Å². The first-order valence-corrected chi connectivity index (χ1v) is 6.02. The third kappa shape index (κ3) is 3.88. The van der Waals surface area contributed by atoms with Crippen molar-refractivity contribution in [3.8, 4) is 0 Å². The Labute approximate surface area is 110 Å². The Bertz CT molecular complexity index is 540. The number of hydrogen-bond acceptors (Lipinski definition) is 2. The summed E-state index contributed by atoms with van der Waals surface area (Å²) in [6.07, 6.45) is 2.21. The molecular formula is C15H14FNO2. The normalized spacial score (nSPS) is 12.1. The number of aliphatic carboxylic acids is 1. The fourth-order valence-corrected chi connectivity index (χ4v) is 2.02. The van der Waals surface area contributed by atoms with Gasteiger partial charge in [-0.05, 0) is 42.2 Å². The van der Waals surface area contributed by atoms with Gasteiger partial charge in [-0.3, -0.25) is 9.78 Å². The van der Waals surface area contributed by atoms with Crippen molar-refractivity contribution in [2.75, 3.05) is 0 Å². The molecule has 1 aromatic heterocycles. The number of pyridine rings is 1. The largest absolute Gasteiger partial charge is 0.481 e. The molecule has 2 aromatic rings. The first-order chi connectivity index (χ1) is 9.15. The van der Waals surface area contributed by atoms with E-state index in [0.717, 1.165) is 11.3 Å². The van der Waals surface area contributed by atoms with Gasteiger partial charge in [0.25, 0.3) is 0 Å². The number of rotatable bonds is 5. The minimum Gasteiger partial charge on any atom is -0.481 e. The highest BCUT2D eigenvalue weighted by molar-refractivity contribution is 5.68. The zero-order valence-corrected chi connectivity index (χ0v) is 10.3. The smallest absolute Gasteiger partial charge is 0.303 e. The lowest BCUT2D eigenvalue weighted by Crippen LogP contribution is -2.10. The average molecular weight is 259 g/mol. The molecule has 0 amide bonds. The molecule has 0 fully saturated rings. The lowest BCUT2D eigenvalue weighted by atomic mass is 9.91. The minimum absolute atomic E-state index is 0.00219. The summed E-state index contributed by atoms with van der Waals surface area (Å²) in [6.45, 7) is 0. The zero-order valence-electron chi connectivity index (χ0n) is 10.3. The molecule has 1 atom stereocenters. The summed E-state index contributed by atoms with van der Waals surface area (Å²) in [5.41, 5.74) is 1.65. The topological polar surface area (TPSA) is 50.2 Å². The van der Waals surface area contributed by atoms with Crippen LogP contribution in [0.15, 0.2) is 48.7 Å². The van der Waals surface area contributed by atoms with Gasteiger partial charge in [0.2, 0.25) is 0 Å². The van der Waals surface area contributed by atoms with Crippen LogP contribution in [0, 0.1) is 5.82 Å². The van der Waals surface area contributed by atoms with E-state index in [0.29, 0.717) is 6.42 Å². The van der Waals surface area contributed by atoms with Crippen LogP contribution < -0.4 is 0 Å². The van der Waals surface area contributed by atoms with Crippen LogP contribution in [-0.2, 0) is 11.2 Å². The van der Waals surface area contributed by atoms with Crippen molar-refractivity contribution in [3.05, 3.63) is 65.7 Å². The van der Waals surface area contributed by atoms with Crippen LogP contribution >= 0.6 is 0 Å². The first-order valence-electron chi connectivity index (χ1n) is 6.02. The van der Waals surface area contributed by atoms with Crippen LogP contribution in [0.4, 0.5) is 4.39 Å². The lowest BCUT2D eigenvalue weighted by molar-refractivity contribution is -0.137. The van der Waals surface area contributed by atoms with E-state index in [-0.39, 0.29) is 18.2 Å².